The quantitative estimate of drug-likeness (QED) is 0.748. The van der Waals surface area contributed by atoms with Gasteiger partial charge >= 0.3 is 0 Å². The minimum absolute atomic E-state index is 0.788. The molecule has 0 aliphatic heterocycles. The zero-order valence-electron chi connectivity index (χ0n) is 12.2. The van der Waals surface area contributed by atoms with Crippen LogP contribution in [0.5, 0.6) is 5.75 Å². The summed E-state index contributed by atoms with van der Waals surface area (Å²) in [5, 5.41) is 11.6. The Hall–Kier alpha value is -1.88. The molecule has 108 valence electrons. The summed E-state index contributed by atoms with van der Waals surface area (Å²) in [6, 6.07) is 8.13. The average molecular weight is 274 g/mol. The Morgan fingerprint density at radius 2 is 2.05 bits per heavy atom. The number of nitrogens with one attached hydrogen (secondary N) is 1. The van der Waals surface area contributed by atoms with Crippen LogP contribution in [0, 0.1) is 0 Å². The lowest BCUT2D eigenvalue weighted by Crippen LogP contribution is -2.13. The standard InChI is InChI=1S/C15H22N4O/c1-3-9-16-11-14-12-19(18-17-14)10-8-13-4-6-15(20-2)7-5-13/h4-7,12,16H,3,8-11H2,1-2H3. The van der Waals surface area contributed by atoms with Crippen LogP contribution < -0.4 is 10.1 Å². The number of ether oxygens (including phenoxy) is 1. The minimum atomic E-state index is 0.788. The third-order valence-electron chi connectivity index (χ3n) is 3.11. The van der Waals surface area contributed by atoms with Crippen molar-refractivity contribution in [3.05, 3.63) is 41.7 Å². The van der Waals surface area contributed by atoms with Gasteiger partial charge in [-0.3, -0.25) is 4.68 Å². The van der Waals surface area contributed by atoms with E-state index in [1.807, 2.05) is 23.0 Å². The average Bonchev–Trinajstić information content (AvgIpc) is 2.94. The number of aryl methyl sites for hydroxylation is 2. The number of hydrogen-bond acceptors (Lipinski definition) is 4. The van der Waals surface area contributed by atoms with Gasteiger partial charge in [-0.15, -0.1) is 5.10 Å². The Morgan fingerprint density at radius 1 is 1.25 bits per heavy atom. The lowest BCUT2D eigenvalue weighted by Gasteiger charge is -2.03. The molecule has 0 saturated heterocycles. The smallest absolute Gasteiger partial charge is 0.118 e. The molecule has 0 bridgehead atoms. The van der Waals surface area contributed by atoms with Crippen LogP contribution in [-0.4, -0.2) is 28.6 Å². The third kappa shape index (κ3) is 4.35. The van der Waals surface area contributed by atoms with Gasteiger partial charge in [0.15, 0.2) is 0 Å². The van der Waals surface area contributed by atoms with E-state index in [-0.39, 0.29) is 0 Å². The SMILES string of the molecule is CCCNCc1cn(CCc2ccc(OC)cc2)nn1. The Kier molecular flexibility index (Phi) is 5.55. The summed E-state index contributed by atoms with van der Waals surface area (Å²) < 4.78 is 7.04. The van der Waals surface area contributed by atoms with Gasteiger partial charge in [-0.25, -0.2) is 0 Å². The topological polar surface area (TPSA) is 52.0 Å². The lowest BCUT2D eigenvalue weighted by molar-refractivity contribution is 0.414. The van der Waals surface area contributed by atoms with Gasteiger partial charge in [0.1, 0.15) is 5.75 Å². The van der Waals surface area contributed by atoms with E-state index >= 15 is 0 Å². The Labute approximate surface area is 120 Å². The van der Waals surface area contributed by atoms with Crippen LogP contribution in [-0.2, 0) is 19.5 Å². The van der Waals surface area contributed by atoms with E-state index in [0.29, 0.717) is 0 Å². The number of rotatable bonds is 8. The molecule has 1 aromatic heterocycles. The van der Waals surface area contributed by atoms with Crippen molar-refractivity contribution >= 4 is 0 Å². The zero-order chi connectivity index (χ0) is 14.2. The predicted octanol–water partition coefficient (Wildman–Crippen LogP) is 2.03. The Bertz CT molecular complexity index is 507. The Balaban J connectivity index is 1.81. The predicted molar refractivity (Wildman–Crippen MR) is 78.7 cm³/mol. The maximum absolute atomic E-state index is 5.15. The first-order chi connectivity index (χ1) is 9.81. The lowest BCUT2D eigenvalue weighted by atomic mass is 10.1. The molecule has 0 aliphatic rings. The van der Waals surface area contributed by atoms with E-state index in [0.717, 1.165) is 43.9 Å². The van der Waals surface area contributed by atoms with E-state index in [2.05, 4.69) is 34.7 Å². The summed E-state index contributed by atoms with van der Waals surface area (Å²) in [5.41, 5.74) is 2.26. The molecule has 5 heteroatoms. The van der Waals surface area contributed by atoms with Crippen molar-refractivity contribution in [2.45, 2.75) is 32.9 Å². The molecule has 0 atom stereocenters. The monoisotopic (exact) mass is 274 g/mol. The maximum atomic E-state index is 5.15. The molecule has 1 aromatic carbocycles. The van der Waals surface area contributed by atoms with E-state index in [9.17, 15) is 0 Å². The summed E-state index contributed by atoms with van der Waals surface area (Å²) in [4.78, 5) is 0. The summed E-state index contributed by atoms with van der Waals surface area (Å²) in [6.45, 7) is 4.79. The zero-order valence-corrected chi connectivity index (χ0v) is 12.2. The first-order valence-corrected chi connectivity index (χ1v) is 7.04. The second-order valence-electron chi connectivity index (χ2n) is 4.75. The highest BCUT2D eigenvalue weighted by Crippen LogP contribution is 2.12. The minimum Gasteiger partial charge on any atom is -0.497 e. The van der Waals surface area contributed by atoms with Crippen LogP contribution in [0.15, 0.2) is 30.5 Å². The van der Waals surface area contributed by atoms with E-state index in [1.165, 1.54) is 5.56 Å². The summed E-state index contributed by atoms with van der Waals surface area (Å²) >= 11 is 0. The fourth-order valence-corrected chi connectivity index (χ4v) is 1.96. The summed E-state index contributed by atoms with van der Waals surface area (Å²) in [6.07, 6.45) is 4.08. The number of methoxy groups -OCH3 is 1. The molecule has 1 N–H and O–H groups in total. The second kappa shape index (κ2) is 7.65. The first kappa shape index (κ1) is 14.5. The van der Waals surface area contributed by atoms with E-state index in [1.54, 1.807) is 7.11 Å². The van der Waals surface area contributed by atoms with Gasteiger partial charge in [0, 0.05) is 19.3 Å². The van der Waals surface area contributed by atoms with Crippen LogP contribution in [0.4, 0.5) is 0 Å². The molecule has 2 rings (SSSR count). The van der Waals surface area contributed by atoms with Crippen LogP contribution in [0.2, 0.25) is 0 Å². The largest absolute Gasteiger partial charge is 0.497 e. The van der Waals surface area contributed by atoms with Crippen molar-refractivity contribution in [1.29, 1.82) is 0 Å². The number of nitrogens with zero attached hydrogens (tertiary/aromatic N) is 3. The van der Waals surface area contributed by atoms with Gasteiger partial charge in [-0.2, -0.15) is 0 Å². The fourth-order valence-electron chi connectivity index (χ4n) is 1.96. The molecule has 2 aromatic rings. The van der Waals surface area contributed by atoms with Gasteiger partial charge in [0.2, 0.25) is 0 Å². The first-order valence-electron chi connectivity index (χ1n) is 7.04. The van der Waals surface area contributed by atoms with Crippen LogP contribution in [0.25, 0.3) is 0 Å². The number of benzene rings is 1. The van der Waals surface area contributed by atoms with Crippen molar-refractivity contribution in [3.63, 3.8) is 0 Å². The van der Waals surface area contributed by atoms with Gasteiger partial charge in [-0.05, 0) is 37.1 Å². The van der Waals surface area contributed by atoms with Gasteiger partial charge in [-0.1, -0.05) is 24.3 Å². The fraction of sp³-hybridized carbons (Fsp3) is 0.467. The van der Waals surface area contributed by atoms with Crippen molar-refractivity contribution in [1.82, 2.24) is 20.3 Å². The molecule has 0 radical (unpaired) electrons. The van der Waals surface area contributed by atoms with E-state index in [4.69, 9.17) is 4.74 Å². The van der Waals surface area contributed by atoms with Gasteiger partial charge in [0.05, 0.1) is 12.8 Å². The molecular weight excluding hydrogens is 252 g/mol. The molecule has 20 heavy (non-hydrogen) atoms. The van der Waals surface area contributed by atoms with Crippen molar-refractivity contribution < 1.29 is 4.74 Å². The molecule has 0 saturated carbocycles. The van der Waals surface area contributed by atoms with Crippen molar-refractivity contribution in [3.8, 4) is 5.75 Å². The van der Waals surface area contributed by atoms with Crippen LogP contribution in [0.1, 0.15) is 24.6 Å². The second-order valence-corrected chi connectivity index (χ2v) is 4.75. The number of hydrogen-bond donors (Lipinski definition) is 1. The van der Waals surface area contributed by atoms with Crippen LogP contribution in [0.3, 0.4) is 0 Å². The highest BCUT2D eigenvalue weighted by molar-refractivity contribution is 5.27. The van der Waals surface area contributed by atoms with Crippen molar-refractivity contribution in [2.24, 2.45) is 0 Å². The third-order valence-corrected chi connectivity index (χ3v) is 3.11. The Morgan fingerprint density at radius 3 is 2.75 bits per heavy atom. The summed E-state index contributed by atoms with van der Waals surface area (Å²) in [5.74, 6) is 0.888. The molecule has 0 unspecified atom stereocenters. The molecule has 0 fully saturated rings. The van der Waals surface area contributed by atoms with Crippen molar-refractivity contribution in [2.75, 3.05) is 13.7 Å². The molecule has 0 aliphatic carbocycles. The molecule has 0 amide bonds. The van der Waals surface area contributed by atoms with Crippen LogP contribution >= 0.6 is 0 Å². The van der Waals surface area contributed by atoms with Gasteiger partial charge in [0.25, 0.3) is 0 Å². The highest BCUT2D eigenvalue weighted by Gasteiger charge is 2.01. The maximum Gasteiger partial charge on any atom is 0.118 e. The summed E-state index contributed by atoms with van der Waals surface area (Å²) in [7, 11) is 1.68. The highest BCUT2D eigenvalue weighted by atomic mass is 16.5. The van der Waals surface area contributed by atoms with E-state index < -0.39 is 0 Å². The normalized spacial score (nSPS) is 10.7. The van der Waals surface area contributed by atoms with Gasteiger partial charge < -0.3 is 10.1 Å². The number of aromatic nitrogens is 3. The molecular formula is C15H22N4O. The molecule has 5 nitrogen and oxygen atoms in total. The molecule has 1 heterocycles. The molecule has 0 spiro atoms.